The van der Waals surface area contributed by atoms with E-state index in [0.29, 0.717) is 18.5 Å². The molecule has 2 aliphatic rings. The van der Waals surface area contributed by atoms with E-state index in [4.69, 9.17) is 12.6 Å². The lowest BCUT2D eigenvalue weighted by Gasteiger charge is -2.43. The van der Waals surface area contributed by atoms with E-state index in [0.717, 1.165) is 24.5 Å². The van der Waals surface area contributed by atoms with Crippen LogP contribution in [0, 0.1) is 0 Å². The minimum absolute atomic E-state index is 0.250. The third-order valence-corrected chi connectivity index (χ3v) is 3.27. The van der Waals surface area contributed by atoms with Crippen LogP contribution in [0.4, 0.5) is 5.69 Å². The predicted molar refractivity (Wildman–Crippen MR) is 61.2 cm³/mol. The summed E-state index contributed by atoms with van der Waals surface area (Å²) >= 11 is 0. The average molecular weight is 216 g/mol. The van der Waals surface area contributed by atoms with Gasteiger partial charge in [0.15, 0.2) is 0 Å². The van der Waals surface area contributed by atoms with Gasteiger partial charge < -0.3 is 14.7 Å². The van der Waals surface area contributed by atoms with Crippen LogP contribution >= 0.6 is 0 Å². The normalized spacial score (nSPS) is 28.4. The summed E-state index contributed by atoms with van der Waals surface area (Å²) in [6.07, 6.45) is 1.78. The molecule has 2 aliphatic heterocycles. The van der Waals surface area contributed by atoms with Crippen LogP contribution in [0.3, 0.4) is 0 Å². The van der Waals surface area contributed by atoms with E-state index in [2.05, 4.69) is 9.88 Å². The molecule has 2 radical (unpaired) electrons. The lowest BCUT2D eigenvalue weighted by atomic mass is 9.92. The summed E-state index contributed by atoms with van der Waals surface area (Å²) in [7, 11) is 5.75. The van der Waals surface area contributed by atoms with Crippen LogP contribution < -0.4 is 10.4 Å². The molecule has 2 unspecified atom stereocenters. The number of pyridine rings is 1. The van der Waals surface area contributed by atoms with Crippen LogP contribution in [0.15, 0.2) is 12.3 Å². The Hall–Kier alpha value is -1.07. The highest BCUT2D eigenvalue weighted by Crippen LogP contribution is 2.35. The smallest absolute Gasteiger partial charge is 0.116 e. The maximum Gasteiger partial charge on any atom is 0.116 e. The second-order valence-corrected chi connectivity index (χ2v) is 4.35. The van der Waals surface area contributed by atoms with E-state index < -0.39 is 6.10 Å². The van der Waals surface area contributed by atoms with E-state index in [1.165, 1.54) is 0 Å². The number of morpholine rings is 1. The van der Waals surface area contributed by atoms with Crippen LogP contribution in [-0.2, 0) is 4.74 Å². The van der Waals surface area contributed by atoms with E-state index in [-0.39, 0.29) is 6.04 Å². The third kappa shape index (κ3) is 1.51. The third-order valence-electron chi connectivity index (χ3n) is 3.27. The van der Waals surface area contributed by atoms with E-state index in [1.807, 2.05) is 6.07 Å². The first kappa shape index (κ1) is 10.1. The van der Waals surface area contributed by atoms with Gasteiger partial charge in [0.1, 0.15) is 14.0 Å². The second-order valence-electron chi connectivity index (χ2n) is 4.35. The summed E-state index contributed by atoms with van der Waals surface area (Å²) in [4.78, 5) is 6.48. The van der Waals surface area contributed by atoms with Gasteiger partial charge in [-0.05, 0) is 6.07 Å². The number of fused-ring (bicyclic) bond motifs is 3. The van der Waals surface area contributed by atoms with Crippen LogP contribution in [0.1, 0.15) is 18.2 Å². The standard InChI is InChI=1S/C11H13BN2O2/c12-7-3-9-11(13-5-7)10(15)4-8-6-16-2-1-14(8)9/h3,5,8,10,15H,1-2,4,6H2. The lowest BCUT2D eigenvalue weighted by molar-refractivity contribution is 0.0597. The molecule has 0 amide bonds. The molecule has 1 fully saturated rings. The highest BCUT2D eigenvalue weighted by atomic mass is 16.5. The van der Waals surface area contributed by atoms with E-state index >= 15 is 0 Å². The summed E-state index contributed by atoms with van der Waals surface area (Å²) in [5.74, 6) is 0. The topological polar surface area (TPSA) is 45.6 Å². The Kier molecular flexibility index (Phi) is 2.37. The van der Waals surface area contributed by atoms with Crippen LogP contribution in [0.2, 0.25) is 0 Å². The molecule has 0 aromatic carbocycles. The van der Waals surface area contributed by atoms with Crippen LogP contribution in [-0.4, -0.2) is 43.7 Å². The Balaban J connectivity index is 2.05. The molecular formula is C11H13BN2O2. The molecule has 4 nitrogen and oxygen atoms in total. The molecule has 1 aromatic heterocycles. The molecule has 16 heavy (non-hydrogen) atoms. The number of ether oxygens (including phenoxy) is 1. The predicted octanol–water partition coefficient (Wildman–Crippen LogP) is -0.482. The van der Waals surface area contributed by atoms with Gasteiger partial charge in [0.25, 0.3) is 0 Å². The Bertz CT molecular complexity index is 413. The van der Waals surface area contributed by atoms with Crippen molar-refractivity contribution < 1.29 is 9.84 Å². The summed E-state index contributed by atoms with van der Waals surface area (Å²) in [6.45, 7) is 2.24. The lowest BCUT2D eigenvalue weighted by Crippen LogP contribution is -2.49. The van der Waals surface area contributed by atoms with E-state index in [1.54, 1.807) is 6.20 Å². The maximum atomic E-state index is 10.0. The van der Waals surface area contributed by atoms with Crippen molar-refractivity contribution in [2.75, 3.05) is 24.7 Å². The number of aliphatic hydroxyl groups excluding tert-OH is 1. The summed E-state index contributed by atoms with van der Waals surface area (Å²) in [5.41, 5.74) is 2.34. The van der Waals surface area contributed by atoms with Gasteiger partial charge in [0.05, 0.1) is 30.6 Å². The second kappa shape index (κ2) is 3.75. The fourth-order valence-electron chi connectivity index (χ4n) is 2.50. The number of hydrogen-bond acceptors (Lipinski definition) is 4. The van der Waals surface area contributed by atoms with Gasteiger partial charge in [0.2, 0.25) is 0 Å². The highest BCUT2D eigenvalue weighted by Gasteiger charge is 2.34. The van der Waals surface area contributed by atoms with Crippen LogP contribution in [0.5, 0.6) is 0 Å². The van der Waals surface area contributed by atoms with Crippen molar-refractivity contribution in [1.82, 2.24) is 4.98 Å². The number of hydrogen-bond donors (Lipinski definition) is 1. The molecule has 3 heterocycles. The van der Waals surface area contributed by atoms with Crippen molar-refractivity contribution in [1.29, 1.82) is 0 Å². The Morgan fingerprint density at radius 1 is 1.56 bits per heavy atom. The zero-order valence-electron chi connectivity index (χ0n) is 8.97. The number of anilines is 1. The molecule has 1 saturated heterocycles. The summed E-state index contributed by atoms with van der Waals surface area (Å²) in [5, 5.41) is 10.0. The van der Waals surface area contributed by atoms with Crippen LogP contribution in [0.25, 0.3) is 0 Å². The molecular weight excluding hydrogens is 203 g/mol. The van der Waals surface area contributed by atoms with Crippen molar-refractivity contribution in [2.24, 2.45) is 0 Å². The Morgan fingerprint density at radius 2 is 2.44 bits per heavy atom. The Labute approximate surface area is 95.6 Å². The van der Waals surface area contributed by atoms with Crippen molar-refractivity contribution in [3.8, 4) is 0 Å². The molecule has 0 saturated carbocycles. The van der Waals surface area contributed by atoms with Crippen molar-refractivity contribution in [3.63, 3.8) is 0 Å². The monoisotopic (exact) mass is 216 g/mol. The molecule has 2 atom stereocenters. The van der Waals surface area contributed by atoms with Gasteiger partial charge in [0, 0.05) is 19.2 Å². The quantitative estimate of drug-likeness (QED) is 0.595. The summed E-state index contributed by atoms with van der Waals surface area (Å²) < 4.78 is 5.43. The Morgan fingerprint density at radius 3 is 3.31 bits per heavy atom. The first-order valence-electron chi connectivity index (χ1n) is 5.53. The SMILES string of the molecule is [B]c1cnc2c(c1)N1CCOCC1CC2O. The van der Waals surface area contributed by atoms with Gasteiger partial charge in [-0.3, -0.25) is 4.98 Å². The molecule has 0 aliphatic carbocycles. The first-order chi connectivity index (χ1) is 7.75. The number of aromatic nitrogens is 1. The molecule has 5 heteroatoms. The average Bonchev–Trinajstić information content (AvgIpc) is 2.29. The molecule has 0 bridgehead atoms. The molecule has 0 spiro atoms. The zero-order chi connectivity index (χ0) is 11.1. The highest BCUT2D eigenvalue weighted by molar-refractivity contribution is 6.32. The first-order valence-corrected chi connectivity index (χ1v) is 5.53. The number of nitrogens with zero attached hydrogens (tertiary/aromatic N) is 2. The van der Waals surface area contributed by atoms with Gasteiger partial charge >= 0.3 is 0 Å². The summed E-state index contributed by atoms with van der Waals surface area (Å²) in [6, 6.07) is 2.14. The fourth-order valence-corrected chi connectivity index (χ4v) is 2.50. The molecule has 1 aromatic rings. The maximum absolute atomic E-state index is 10.0. The fraction of sp³-hybridized carbons (Fsp3) is 0.545. The largest absolute Gasteiger partial charge is 0.387 e. The zero-order valence-corrected chi connectivity index (χ0v) is 8.97. The van der Waals surface area contributed by atoms with Crippen molar-refractivity contribution in [3.05, 3.63) is 18.0 Å². The van der Waals surface area contributed by atoms with Crippen molar-refractivity contribution in [2.45, 2.75) is 18.6 Å². The molecule has 82 valence electrons. The number of aliphatic hydroxyl groups is 1. The van der Waals surface area contributed by atoms with Gasteiger partial charge in [-0.1, -0.05) is 5.46 Å². The van der Waals surface area contributed by atoms with Gasteiger partial charge in [-0.2, -0.15) is 0 Å². The molecule has 3 rings (SSSR count). The van der Waals surface area contributed by atoms with Gasteiger partial charge in [-0.25, -0.2) is 0 Å². The van der Waals surface area contributed by atoms with E-state index in [9.17, 15) is 5.11 Å². The minimum atomic E-state index is -0.501. The van der Waals surface area contributed by atoms with Gasteiger partial charge in [-0.15, -0.1) is 0 Å². The number of rotatable bonds is 0. The molecule has 1 N–H and O–H groups in total. The minimum Gasteiger partial charge on any atom is -0.387 e. The van der Waals surface area contributed by atoms with Crippen molar-refractivity contribution >= 4 is 19.0 Å².